The molecule has 0 saturated heterocycles. The van der Waals surface area contributed by atoms with Gasteiger partial charge in [0.25, 0.3) is 0 Å². The highest BCUT2D eigenvalue weighted by Gasteiger charge is 2.25. The predicted molar refractivity (Wildman–Crippen MR) is 71.2 cm³/mol. The Bertz CT molecular complexity index is 261. The van der Waals surface area contributed by atoms with E-state index in [0.29, 0.717) is 13.0 Å². The first kappa shape index (κ1) is 17.1. The van der Waals surface area contributed by atoms with E-state index in [-0.39, 0.29) is 12.0 Å². The van der Waals surface area contributed by atoms with Gasteiger partial charge in [0.2, 0.25) is 0 Å². The minimum atomic E-state index is -0.519. The molecule has 18 heavy (non-hydrogen) atoms. The van der Waals surface area contributed by atoms with E-state index in [1.165, 1.54) is 0 Å². The van der Waals surface area contributed by atoms with Gasteiger partial charge in [-0.2, -0.15) is 0 Å². The molecule has 0 aromatic heterocycles. The molecular weight excluding hydrogens is 232 g/mol. The van der Waals surface area contributed by atoms with E-state index in [1.807, 2.05) is 20.8 Å². The first-order valence-electron chi connectivity index (χ1n) is 6.44. The second kappa shape index (κ2) is 8.21. The summed E-state index contributed by atoms with van der Waals surface area (Å²) in [6.07, 6.45) is 3.10. The van der Waals surface area contributed by atoms with E-state index in [4.69, 9.17) is 10.5 Å². The molecule has 0 amide bonds. The lowest BCUT2D eigenvalue weighted by atomic mass is 10.1. The molecule has 5 nitrogen and oxygen atoms in total. The highest BCUT2D eigenvalue weighted by molar-refractivity contribution is 5.76. The minimum absolute atomic E-state index is 0.312. The van der Waals surface area contributed by atoms with Crippen LogP contribution in [-0.2, 0) is 14.3 Å². The number of hydrogen-bond donors (Lipinski definition) is 2. The summed E-state index contributed by atoms with van der Waals surface area (Å²) >= 11 is 0. The van der Waals surface area contributed by atoms with Crippen LogP contribution in [0.1, 0.15) is 47.0 Å². The van der Waals surface area contributed by atoms with E-state index < -0.39 is 11.6 Å². The minimum Gasteiger partial charge on any atom is -0.459 e. The quantitative estimate of drug-likeness (QED) is 0.386. The molecule has 0 fully saturated rings. The molecule has 3 N–H and O–H groups in total. The average Bonchev–Trinajstić information content (AvgIpc) is 2.25. The number of esters is 1. The van der Waals surface area contributed by atoms with E-state index in [9.17, 15) is 9.59 Å². The summed E-state index contributed by atoms with van der Waals surface area (Å²) in [6, 6.07) is -0.809. The predicted octanol–water partition coefficient (Wildman–Crippen LogP) is 1.00. The molecule has 0 aromatic rings. The fourth-order valence-electron chi connectivity index (χ4n) is 1.49. The zero-order chi connectivity index (χ0) is 14.2. The molecule has 0 saturated carbocycles. The van der Waals surface area contributed by atoms with Crippen LogP contribution in [0, 0.1) is 0 Å². The van der Waals surface area contributed by atoms with Gasteiger partial charge < -0.3 is 15.3 Å². The Kier molecular flexibility index (Phi) is 7.78. The molecule has 0 aliphatic heterocycles. The smallest absolute Gasteiger partial charge is 0.323 e. The monoisotopic (exact) mass is 258 g/mol. The van der Waals surface area contributed by atoms with Crippen LogP contribution in [0.5, 0.6) is 0 Å². The molecule has 0 spiro atoms. The molecule has 0 aliphatic rings. The van der Waals surface area contributed by atoms with Gasteiger partial charge in [0, 0.05) is 0 Å². The van der Waals surface area contributed by atoms with Gasteiger partial charge in [0.15, 0.2) is 0 Å². The Labute approximate surface area is 109 Å². The number of nitrogens with one attached hydrogen (secondary N) is 1. The van der Waals surface area contributed by atoms with Crippen molar-refractivity contribution in [3.63, 3.8) is 0 Å². The van der Waals surface area contributed by atoms with E-state index in [2.05, 4.69) is 5.32 Å². The van der Waals surface area contributed by atoms with Gasteiger partial charge in [-0.3, -0.25) is 10.1 Å². The third kappa shape index (κ3) is 8.20. The SMILES string of the molecule is CC(C=O)N[C@@H](CCCCN)C(=O)OC(C)(C)C. The van der Waals surface area contributed by atoms with Crippen molar-refractivity contribution in [3.8, 4) is 0 Å². The second-order valence-corrected chi connectivity index (χ2v) is 5.46. The molecule has 0 aromatic carbocycles. The van der Waals surface area contributed by atoms with Gasteiger partial charge in [-0.05, 0) is 47.1 Å². The lowest BCUT2D eigenvalue weighted by molar-refractivity contribution is -0.157. The summed E-state index contributed by atoms with van der Waals surface area (Å²) in [5.74, 6) is -0.312. The number of carbonyl (C=O) groups is 2. The second-order valence-electron chi connectivity index (χ2n) is 5.46. The molecule has 5 heteroatoms. The van der Waals surface area contributed by atoms with Gasteiger partial charge >= 0.3 is 5.97 Å². The Hall–Kier alpha value is -0.940. The zero-order valence-electron chi connectivity index (χ0n) is 11.9. The number of rotatable bonds is 8. The van der Waals surface area contributed by atoms with Gasteiger partial charge in [-0.1, -0.05) is 6.42 Å². The topological polar surface area (TPSA) is 81.4 Å². The molecule has 0 heterocycles. The lowest BCUT2D eigenvalue weighted by Gasteiger charge is -2.25. The Morgan fingerprint density at radius 3 is 2.44 bits per heavy atom. The maximum Gasteiger partial charge on any atom is 0.323 e. The van der Waals surface area contributed by atoms with Crippen molar-refractivity contribution < 1.29 is 14.3 Å². The normalized spacial score (nSPS) is 14.9. The molecule has 2 atom stereocenters. The molecule has 0 rings (SSSR count). The summed E-state index contributed by atoms with van der Waals surface area (Å²) in [7, 11) is 0. The number of carbonyl (C=O) groups excluding carboxylic acids is 2. The van der Waals surface area contributed by atoms with Crippen LogP contribution in [0.25, 0.3) is 0 Å². The number of nitrogens with two attached hydrogens (primary N) is 1. The third-order valence-corrected chi connectivity index (χ3v) is 2.31. The van der Waals surface area contributed by atoms with Crippen LogP contribution >= 0.6 is 0 Å². The lowest BCUT2D eigenvalue weighted by Crippen LogP contribution is -2.45. The first-order chi connectivity index (χ1) is 8.30. The molecule has 0 bridgehead atoms. The maximum atomic E-state index is 12.0. The van der Waals surface area contributed by atoms with E-state index in [0.717, 1.165) is 19.1 Å². The van der Waals surface area contributed by atoms with Crippen molar-refractivity contribution in [1.29, 1.82) is 0 Å². The Morgan fingerprint density at radius 1 is 1.39 bits per heavy atom. The average molecular weight is 258 g/mol. The number of hydrogen-bond acceptors (Lipinski definition) is 5. The Balaban J connectivity index is 4.43. The van der Waals surface area contributed by atoms with Crippen molar-refractivity contribution in [2.24, 2.45) is 5.73 Å². The molecule has 0 aliphatic carbocycles. The first-order valence-corrected chi connectivity index (χ1v) is 6.44. The molecule has 0 radical (unpaired) electrons. The van der Waals surface area contributed by atoms with Crippen LogP contribution in [0.15, 0.2) is 0 Å². The van der Waals surface area contributed by atoms with Crippen molar-refractivity contribution in [2.75, 3.05) is 6.54 Å². The fourth-order valence-corrected chi connectivity index (χ4v) is 1.49. The highest BCUT2D eigenvalue weighted by atomic mass is 16.6. The van der Waals surface area contributed by atoms with E-state index >= 15 is 0 Å². The van der Waals surface area contributed by atoms with Crippen molar-refractivity contribution >= 4 is 12.3 Å². The van der Waals surface area contributed by atoms with Crippen LogP contribution in [0.2, 0.25) is 0 Å². The summed E-state index contributed by atoms with van der Waals surface area (Å²) in [5, 5.41) is 2.96. The van der Waals surface area contributed by atoms with Crippen molar-refractivity contribution in [3.05, 3.63) is 0 Å². The number of unbranched alkanes of at least 4 members (excludes halogenated alkanes) is 1. The van der Waals surface area contributed by atoms with Gasteiger partial charge in [0.1, 0.15) is 17.9 Å². The zero-order valence-corrected chi connectivity index (χ0v) is 11.9. The molecule has 1 unspecified atom stereocenters. The van der Waals surface area contributed by atoms with Crippen molar-refractivity contribution in [2.45, 2.75) is 64.6 Å². The van der Waals surface area contributed by atoms with Crippen molar-refractivity contribution in [1.82, 2.24) is 5.32 Å². The number of aldehydes is 1. The van der Waals surface area contributed by atoms with Crippen LogP contribution in [0.3, 0.4) is 0 Å². The standard InChI is InChI=1S/C13H26N2O3/c1-10(9-16)15-11(7-5-6-8-14)12(17)18-13(2,3)4/h9-11,15H,5-8,14H2,1-4H3/t10?,11-/m0/s1. The molecule has 106 valence electrons. The summed E-state index contributed by atoms with van der Waals surface area (Å²) in [5.41, 5.74) is 4.91. The number of ether oxygens (including phenoxy) is 1. The van der Waals surface area contributed by atoms with Crippen LogP contribution in [0.4, 0.5) is 0 Å². The Morgan fingerprint density at radius 2 is 2.00 bits per heavy atom. The van der Waals surface area contributed by atoms with E-state index in [1.54, 1.807) is 6.92 Å². The summed E-state index contributed by atoms with van der Waals surface area (Å²) < 4.78 is 5.33. The summed E-state index contributed by atoms with van der Waals surface area (Å²) in [6.45, 7) is 7.79. The fraction of sp³-hybridized carbons (Fsp3) is 0.846. The van der Waals surface area contributed by atoms with Gasteiger partial charge in [-0.15, -0.1) is 0 Å². The molecular formula is C13H26N2O3. The van der Waals surface area contributed by atoms with Crippen LogP contribution < -0.4 is 11.1 Å². The van der Waals surface area contributed by atoms with Gasteiger partial charge in [0.05, 0.1) is 6.04 Å². The highest BCUT2D eigenvalue weighted by Crippen LogP contribution is 2.11. The third-order valence-electron chi connectivity index (χ3n) is 2.31. The largest absolute Gasteiger partial charge is 0.459 e. The van der Waals surface area contributed by atoms with Gasteiger partial charge in [-0.25, -0.2) is 0 Å². The maximum absolute atomic E-state index is 12.0. The summed E-state index contributed by atoms with van der Waals surface area (Å²) in [4.78, 5) is 22.6. The van der Waals surface area contributed by atoms with Crippen LogP contribution in [-0.4, -0.2) is 36.5 Å².